The van der Waals surface area contributed by atoms with E-state index in [0.717, 1.165) is 0 Å². The van der Waals surface area contributed by atoms with Crippen molar-refractivity contribution in [1.29, 1.82) is 0 Å². The molecule has 0 aliphatic heterocycles. The predicted octanol–water partition coefficient (Wildman–Crippen LogP) is -0.248. The van der Waals surface area contributed by atoms with Crippen LogP contribution in [0.25, 0.3) is 0 Å². The van der Waals surface area contributed by atoms with Gasteiger partial charge in [-0.2, -0.15) is 0 Å². The van der Waals surface area contributed by atoms with Crippen LogP contribution < -0.4 is 10.6 Å². The van der Waals surface area contributed by atoms with E-state index in [1.165, 1.54) is 17.1 Å². The van der Waals surface area contributed by atoms with Crippen LogP contribution in [0.4, 0.5) is 0 Å². The number of nitrogens with one attached hydrogen (secondary N) is 1. The quantitative estimate of drug-likeness (QED) is 0.575. The van der Waals surface area contributed by atoms with E-state index in [0.29, 0.717) is 5.56 Å². The van der Waals surface area contributed by atoms with Gasteiger partial charge in [0, 0.05) is 19.7 Å². The van der Waals surface area contributed by atoms with E-state index in [1.807, 2.05) is 0 Å². The molecule has 0 amide bonds. The van der Waals surface area contributed by atoms with Crippen LogP contribution in [-0.4, -0.2) is 34.1 Å². The molecule has 0 aromatic heterocycles. The summed E-state index contributed by atoms with van der Waals surface area (Å²) >= 11 is 0. The lowest BCUT2D eigenvalue weighted by atomic mass is 10.2. The molecule has 1 aromatic rings. The molecule has 1 rings (SSSR count). The maximum Gasteiger partial charge on any atom is 0.253 e. The van der Waals surface area contributed by atoms with Gasteiger partial charge in [-0.1, -0.05) is 17.9 Å². The first-order valence-electron chi connectivity index (χ1n) is 4.94. The molecule has 0 atom stereocenters. The van der Waals surface area contributed by atoms with Crippen molar-refractivity contribution in [3.05, 3.63) is 29.8 Å². The molecule has 0 radical (unpaired) electrons. The van der Waals surface area contributed by atoms with E-state index in [4.69, 9.17) is 5.73 Å². The van der Waals surface area contributed by atoms with Gasteiger partial charge in [0.25, 0.3) is 10.0 Å². The van der Waals surface area contributed by atoms with Gasteiger partial charge in [-0.25, -0.2) is 13.4 Å². The Morgan fingerprint density at radius 1 is 1.41 bits per heavy atom. The lowest BCUT2D eigenvalue weighted by molar-refractivity contribution is 0.364. The van der Waals surface area contributed by atoms with Crippen LogP contribution in [-0.2, 0) is 10.0 Å². The van der Waals surface area contributed by atoms with E-state index in [1.54, 1.807) is 26.2 Å². The Labute approximate surface area is 102 Å². The molecule has 6 heteroatoms. The first kappa shape index (κ1) is 13.7. The maximum atomic E-state index is 11.8. The van der Waals surface area contributed by atoms with Crippen molar-refractivity contribution in [2.45, 2.75) is 4.90 Å². The topological polar surface area (TPSA) is 75.4 Å². The highest BCUT2D eigenvalue weighted by molar-refractivity contribution is 7.89. The minimum atomic E-state index is -3.53. The minimum Gasteiger partial charge on any atom is -0.320 e. The smallest absolute Gasteiger partial charge is 0.253 e. The van der Waals surface area contributed by atoms with Crippen molar-refractivity contribution < 1.29 is 8.42 Å². The molecule has 5 nitrogen and oxygen atoms in total. The molecule has 0 saturated carbocycles. The number of sulfonamides is 1. The van der Waals surface area contributed by atoms with E-state index >= 15 is 0 Å². The van der Waals surface area contributed by atoms with Crippen LogP contribution in [0, 0.1) is 11.8 Å². The average molecular weight is 253 g/mol. The van der Waals surface area contributed by atoms with Gasteiger partial charge in [0.1, 0.15) is 0 Å². The Morgan fingerprint density at radius 3 is 2.71 bits per heavy atom. The lowest BCUT2D eigenvalue weighted by Crippen LogP contribution is -2.36. The van der Waals surface area contributed by atoms with E-state index in [9.17, 15) is 8.42 Å². The number of hydrazine groups is 1. The number of hydrogen-bond acceptors (Lipinski definition) is 4. The Bertz CT molecular complexity index is 541. The third-order valence-corrected chi connectivity index (χ3v) is 3.26. The van der Waals surface area contributed by atoms with Crippen LogP contribution in [0.5, 0.6) is 0 Å². The van der Waals surface area contributed by atoms with Gasteiger partial charge in [0.05, 0.1) is 11.4 Å². The molecule has 0 aliphatic carbocycles. The van der Waals surface area contributed by atoms with Crippen molar-refractivity contribution in [3.63, 3.8) is 0 Å². The van der Waals surface area contributed by atoms with E-state index < -0.39 is 10.0 Å². The van der Waals surface area contributed by atoms with E-state index in [-0.39, 0.29) is 11.4 Å². The van der Waals surface area contributed by atoms with Crippen molar-refractivity contribution >= 4 is 10.0 Å². The van der Waals surface area contributed by atoms with E-state index in [2.05, 4.69) is 16.7 Å². The summed E-state index contributed by atoms with van der Waals surface area (Å²) in [7, 11) is -0.317. The molecule has 0 bridgehead atoms. The second-order valence-corrected chi connectivity index (χ2v) is 5.18. The minimum absolute atomic E-state index is 0.176. The molecule has 0 aliphatic rings. The highest BCUT2D eigenvalue weighted by atomic mass is 32.2. The van der Waals surface area contributed by atoms with Crippen molar-refractivity contribution in [2.75, 3.05) is 20.6 Å². The molecule has 0 spiro atoms. The third kappa shape index (κ3) is 4.17. The first-order valence-corrected chi connectivity index (χ1v) is 6.43. The second kappa shape index (κ2) is 5.80. The van der Waals surface area contributed by atoms with Gasteiger partial charge in [-0.05, 0) is 18.2 Å². The van der Waals surface area contributed by atoms with Gasteiger partial charge in [0.15, 0.2) is 0 Å². The molecule has 0 saturated heterocycles. The fourth-order valence-electron chi connectivity index (χ4n) is 1.19. The molecule has 3 N–H and O–H groups in total. The van der Waals surface area contributed by atoms with Gasteiger partial charge in [0.2, 0.25) is 0 Å². The number of hydrogen-bond donors (Lipinski definition) is 2. The Hall–Kier alpha value is -1.39. The Balaban J connectivity index is 3.07. The number of rotatable bonds is 3. The third-order valence-electron chi connectivity index (χ3n) is 1.78. The second-order valence-electron chi connectivity index (χ2n) is 3.52. The Kier molecular flexibility index (Phi) is 4.66. The van der Waals surface area contributed by atoms with Crippen LogP contribution in [0.3, 0.4) is 0 Å². The van der Waals surface area contributed by atoms with Gasteiger partial charge < -0.3 is 5.73 Å². The largest absolute Gasteiger partial charge is 0.320 e. The molecule has 1 aromatic carbocycles. The molecule has 92 valence electrons. The fraction of sp³-hybridized carbons (Fsp3) is 0.273. The summed E-state index contributed by atoms with van der Waals surface area (Å²) in [6, 6.07) is 6.40. The zero-order chi connectivity index (χ0) is 12.9. The SMILES string of the molecule is CN(C)NS(=O)(=O)c1cccc(C#CCN)c1. The van der Waals surface area contributed by atoms with Crippen LogP contribution in [0.15, 0.2) is 29.2 Å². The van der Waals surface area contributed by atoms with Crippen molar-refractivity contribution in [1.82, 2.24) is 9.84 Å². The monoisotopic (exact) mass is 253 g/mol. The number of benzene rings is 1. The Morgan fingerprint density at radius 2 is 2.12 bits per heavy atom. The number of nitrogens with two attached hydrogens (primary N) is 1. The first-order chi connectivity index (χ1) is 7.95. The van der Waals surface area contributed by atoms with Gasteiger partial charge in [-0.3, -0.25) is 0 Å². The molecule has 0 unspecified atom stereocenters. The van der Waals surface area contributed by atoms with Crippen LogP contribution >= 0.6 is 0 Å². The fourth-order valence-corrected chi connectivity index (χ4v) is 2.31. The summed E-state index contributed by atoms with van der Waals surface area (Å²) in [6.45, 7) is 0.243. The molecule has 17 heavy (non-hydrogen) atoms. The summed E-state index contributed by atoms with van der Waals surface area (Å²) < 4.78 is 23.7. The summed E-state index contributed by atoms with van der Waals surface area (Å²) in [6.07, 6.45) is 0. The zero-order valence-corrected chi connectivity index (χ0v) is 10.6. The summed E-state index contributed by atoms with van der Waals surface area (Å²) in [5, 5.41) is 1.37. The van der Waals surface area contributed by atoms with Crippen molar-refractivity contribution in [2.24, 2.45) is 5.73 Å². The van der Waals surface area contributed by atoms with Gasteiger partial charge in [-0.15, -0.1) is 4.83 Å². The summed E-state index contributed by atoms with van der Waals surface area (Å²) in [5.41, 5.74) is 5.88. The van der Waals surface area contributed by atoms with Gasteiger partial charge >= 0.3 is 0 Å². The van der Waals surface area contributed by atoms with Crippen LogP contribution in [0.2, 0.25) is 0 Å². The molecule has 0 heterocycles. The summed E-state index contributed by atoms with van der Waals surface area (Å²) in [5.74, 6) is 5.47. The van der Waals surface area contributed by atoms with Crippen molar-refractivity contribution in [3.8, 4) is 11.8 Å². The zero-order valence-electron chi connectivity index (χ0n) is 9.77. The van der Waals surface area contributed by atoms with Crippen LogP contribution in [0.1, 0.15) is 5.56 Å². The average Bonchev–Trinajstić information content (AvgIpc) is 2.25. The molecular formula is C11H15N3O2S. The number of nitrogens with zero attached hydrogens (tertiary/aromatic N) is 1. The molecule has 0 fully saturated rings. The normalized spacial score (nSPS) is 11.1. The standard InChI is InChI=1S/C11H15N3O2S/c1-14(2)13-17(15,16)11-7-3-5-10(9-11)6-4-8-12/h3,5,7,9,13H,8,12H2,1-2H3. The highest BCUT2D eigenvalue weighted by Crippen LogP contribution is 2.10. The highest BCUT2D eigenvalue weighted by Gasteiger charge is 2.14. The molecular weight excluding hydrogens is 238 g/mol. The maximum absolute atomic E-state index is 11.8. The lowest BCUT2D eigenvalue weighted by Gasteiger charge is -2.12. The predicted molar refractivity (Wildman–Crippen MR) is 66.4 cm³/mol. The summed E-state index contributed by atoms with van der Waals surface area (Å²) in [4.78, 5) is 2.53.